The fraction of sp³-hybridized carbons (Fsp3) is 0.241. The third kappa shape index (κ3) is 5.33. The van der Waals surface area contributed by atoms with Crippen LogP contribution in [0.15, 0.2) is 77.5 Å². The van der Waals surface area contributed by atoms with Crippen LogP contribution in [0.3, 0.4) is 0 Å². The molecular formula is C29H27BrN4O4. The predicted molar refractivity (Wildman–Crippen MR) is 147 cm³/mol. The first-order valence-electron chi connectivity index (χ1n) is 12.3. The Balaban J connectivity index is 1.36. The van der Waals surface area contributed by atoms with Gasteiger partial charge in [0.15, 0.2) is 5.65 Å². The summed E-state index contributed by atoms with van der Waals surface area (Å²) in [5, 5.41) is 2.86. The zero-order chi connectivity index (χ0) is 27.0. The fourth-order valence-corrected chi connectivity index (χ4v) is 4.92. The standard InChI is InChI=1S/C29H27BrN4O4/c1-29(2,3)38-28(37)31-20(16-34-26(35)21-7-4-5-8-22(21)27(34)36)15-18-10-12-19(13-11-18)24-17-33-14-6-9-23(30)25(33)32-24/h4-14,17,20H,15-16H2,1-3H3,(H,31,37)/t20-/m0/s1. The van der Waals surface area contributed by atoms with Gasteiger partial charge in [-0.25, -0.2) is 9.78 Å². The van der Waals surface area contributed by atoms with E-state index in [9.17, 15) is 14.4 Å². The minimum Gasteiger partial charge on any atom is -0.444 e. The van der Waals surface area contributed by atoms with Gasteiger partial charge >= 0.3 is 6.09 Å². The number of rotatable bonds is 6. The molecule has 8 nitrogen and oxygen atoms in total. The van der Waals surface area contributed by atoms with Crippen molar-refractivity contribution in [2.75, 3.05) is 6.54 Å². The highest BCUT2D eigenvalue weighted by molar-refractivity contribution is 9.10. The molecule has 38 heavy (non-hydrogen) atoms. The van der Waals surface area contributed by atoms with E-state index in [1.165, 1.54) is 4.90 Å². The lowest BCUT2D eigenvalue weighted by Crippen LogP contribution is -2.48. The first-order valence-corrected chi connectivity index (χ1v) is 13.1. The van der Waals surface area contributed by atoms with Crippen molar-refractivity contribution in [1.29, 1.82) is 0 Å². The Morgan fingerprint density at radius 3 is 2.26 bits per heavy atom. The summed E-state index contributed by atoms with van der Waals surface area (Å²) < 4.78 is 8.31. The van der Waals surface area contributed by atoms with Gasteiger partial charge in [0.1, 0.15) is 5.60 Å². The van der Waals surface area contributed by atoms with Gasteiger partial charge in [0.05, 0.1) is 33.9 Å². The molecule has 1 atom stereocenters. The highest BCUT2D eigenvalue weighted by Crippen LogP contribution is 2.25. The van der Waals surface area contributed by atoms with Crippen molar-refractivity contribution in [3.63, 3.8) is 0 Å². The number of alkyl carbamates (subject to hydrolysis) is 1. The molecule has 1 N–H and O–H groups in total. The molecule has 0 saturated carbocycles. The van der Waals surface area contributed by atoms with Crippen LogP contribution in [0.4, 0.5) is 4.79 Å². The zero-order valence-electron chi connectivity index (χ0n) is 21.3. The summed E-state index contributed by atoms with van der Waals surface area (Å²) in [4.78, 5) is 44.4. The number of hydrogen-bond donors (Lipinski definition) is 1. The highest BCUT2D eigenvalue weighted by atomic mass is 79.9. The number of nitrogens with one attached hydrogen (secondary N) is 1. The molecule has 9 heteroatoms. The van der Waals surface area contributed by atoms with Crippen molar-refractivity contribution in [2.24, 2.45) is 0 Å². The first-order chi connectivity index (χ1) is 18.1. The molecule has 2 aromatic carbocycles. The molecule has 194 valence electrons. The molecule has 3 amide bonds. The van der Waals surface area contributed by atoms with Crippen LogP contribution in [-0.4, -0.2) is 50.4 Å². The number of ether oxygens (including phenoxy) is 1. The van der Waals surface area contributed by atoms with Crippen molar-refractivity contribution in [3.8, 4) is 11.3 Å². The van der Waals surface area contributed by atoms with Crippen LogP contribution in [0.25, 0.3) is 16.9 Å². The molecule has 1 aliphatic heterocycles. The monoisotopic (exact) mass is 574 g/mol. The highest BCUT2D eigenvalue weighted by Gasteiger charge is 2.37. The summed E-state index contributed by atoms with van der Waals surface area (Å²) in [5.41, 5.74) is 3.59. The zero-order valence-corrected chi connectivity index (χ0v) is 22.9. The number of amides is 3. The number of fused-ring (bicyclic) bond motifs is 2. The summed E-state index contributed by atoms with van der Waals surface area (Å²) in [7, 11) is 0. The van der Waals surface area contributed by atoms with Crippen LogP contribution in [-0.2, 0) is 11.2 Å². The Labute approximate surface area is 228 Å². The third-order valence-corrected chi connectivity index (χ3v) is 6.79. The number of halogens is 1. The second-order valence-corrected chi connectivity index (χ2v) is 11.1. The third-order valence-electron chi connectivity index (χ3n) is 6.17. The molecule has 0 aliphatic carbocycles. The van der Waals surface area contributed by atoms with Gasteiger partial charge in [0.25, 0.3) is 11.8 Å². The molecule has 5 rings (SSSR count). The Bertz CT molecular complexity index is 1500. The van der Waals surface area contributed by atoms with Crippen LogP contribution in [0.1, 0.15) is 47.1 Å². The second kappa shape index (κ2) is 10.1. The van der Waals surface area contributed by atoms with E-state index in [4.69, 9.17) is 9.72 Å². The molecule has 0 spiro atoms. The fourth-order valence-electron chi connectivity index (χ4n) is 4.47. The van der Waals surface area contributed by atoms with Crippen LogP contribution < -0.4 is 5.32 Å². The summed E-state index contributed by atoms with van der Waals surface area (Å²) in [5.74, 6) is -0.732. The lowest BCUT2D eigenvalue weighted by atomic mass is 10.0. The molecule has 3 heterocycles. The van der Waals surface area contributed by atoms with E-state index in [0.717, 1.165) is 26.9 Å². The maximum absolute atomic E-state index is 13.0. The Morgan fingerprint density at radius 1 is 1.00 bits per heavy atom. The SMILES string of the molecule is CC(C)(C)OC(=O)N[C@@H](Cc1ccc(-c2cn3cccc(Br)c3n2)cc1)CN1C(=O)c2ccccc2C1=O. The molecule has 0 unspecified atom stereocenters. The van der Waals surface area contributed by atoms with Crippen LogP contribution >= 0.6 is 15.9 Å². The largest absolute Gasteiger partial charge is 0.444 e. The average Bonchev–Trinajstić information content (AvgIpc) is 3.40. The Hall–Kier alpha value is -3.98. The number of pyridine rings is 1. The maximum Gasteiger partial charge on any atom is 0.407 e. The number of carbonyl (C=O) groups excluding carboxylic acids is 3. The van der Waals surface area contributed by atoms with Gasteiger partial charge in [-0.2, -0.15) is 0 Å². The van der Waals surface area contributed by atoms with Crippen molar-refractivity contribution >= 4 is 39.5 Å². The van der Waals surface area contributed by atoms with Gasteiger partial charge < -0.3 is 14.5 Å². The molecule has 0 saturated heterocycles. The normalized spacial score (nSPS) is 14.1. The second-order valence-electron chi connectivity index (χ2n) is 10.2. The topological polar surface area (TPSA) is 93.0 Å². The molecule has 2 aromatic heterocycles. The first kappa shape index (κ1) is 25.7. The lowest BCUT2D eigenvalue weighted by molar-refractivity contribution is 0.0468. The Kier molecular flexibility index (Phi) is 6.79. The van der Waals surface area contributed by atoms with Crippen LogP contribution in [0.5, 0.6) is 0 Å². The van der Waals surface area contributed by atoms with E-state index in [2.05, 4.69) is 21.2 Å². The van der Waals surface area contributed by atoms with Crippen LogP contribution in [0.2, 0.25) is 0 Å². The number of hydrogen-bond acceptors (Lipinski definition) is 5. The van der Waals surface area contributed by atoms with E-state index >= 15 is 0 Å². The van der Waals surface area contributed by atoms with E-state index in [0.29, 0.717) is 17.5 Å². The van der Waals surface area contributed by atoms with Crippen molar-refractivity contribution in [3.05, 3.63) is 94.2 Å². The van der Waals surface area contributed by atoms with E-state index in [1.807, 2.05) is 53.2 Å². The van der Waals surface area contributed by atoms with Gasteiger partial charge in [-0.05, 0) is 73.0 Å². The van der Waals surface area contributed by atoms with Gasteiger partial charge in [-0.1, -0.05) is 36.4 Å². The van der Waals surface area contributed by atoms with Gasteiger partial charge in [0, 0.05) is 18.0 Å². The van der Waals surface area contributed by atoms with E-state index in [-0.39, 0.29) is 18.4 Å². The van der Waals surface area contributed by atoms with Crippen LogP contribution in [0, 0.1) is 0 Å². The van der Waals surface area contributed by atoms with Gasteiger partial charge in [0.2, 0.25) is 0 Å². The molecular weight excluding hydrogens is 548 g/mol. The van der Waals surface area contributed by atoms with Crippen molar-refractivity contribution < 1.29 is 19.1 Å². The minimum atomic E-state index is -0.686. The summed E-state index contributed by atoms with van der Waals surface area (Å²) in [6.45, 7) is 5.36. The number of imide groups is 1. The minimum absolute atomic E-state index is 0.0216. The number of benzene rings is 2. The smallest absolute Gasteiger partial charge is 0.407 e. The molecule has 0 bridgehead atoms. The van der Waals surface area contributed by atoms with E-state index < -0.39 is 17.7 Å². The number of aromatic nitrogens is 2. The summed E-state index contributed by atoms with van der Waals surface area (Å²) in [6, 6.07) is 17.9. The number of nitrogens with zero attached hydrogens (tertiary/aromatic N) is 3. The Morgan fingerprint density at radius 2 is 1.66 bits per heavy atom. The number of imidazole rings is 1. The quantitative estimate of drug-likeness (QED) is 0.307. The molecule has 0 fully saturated rings. The van der Waals surface area contributed by atoms with E-state index in [1.54, 1.807) is 45.0 Å². The summed E-state index contributed by atoms with van der Waals surface area (Å²) >= 11 is 3.53. The molecule has 4 aromatic rings. The lowest BCUT2D eigenvalue weighted by Gasteiger charge is -2.26. The molecule has 0 radical (unpaired) electrons. The van der Waals surface area contributed by atoms with Gasteiger partial charge in [-0.3, -0.25) is 14.5 Å². The number of carbonyl (C=O) groups is 3. The molecule has 1 aliphatic rings. The van der Waals surface area contributed by atoms with Crippen molar-refractivity contribution in [1.82, 2.24) is 19.6 Å². The van der Waals surface area contributed by atoms with Gasteiger partial charge in [-0.15, -0.1) is 0 Å². The predicted octanol–water partition coefficient (Wildman–Crippen LogP) is 5.50. The summed E-state index contributed by atoms with van der Waals surface area (Å²) in [6.07, 6.45) is 3.69. The maximum atomic E-state index is 13.0. The van der Waals surface area contributed by atoms with Crippen molar-refractivity contribution in [2.45, 2.75) is 38.8 Å². The average molecular weight is 575 g/mol.